The molecule has 7 heteroatoms. The third-order valence-corrected chi connectivity index (χ3v) is 8.39. The van der Waals surface area contributed by atoms with Crippen molar-refractivity contribution in [2.24, 2.45) is 11.3 Å². The summed E-state index contributed by atoms with van der Waals surface area (Å²) in [7, 11) is 0. The second-order valence-corrected chi connectivity index (χ2v) is 12.1. The molecule has 0 aliphatic carbocycles. The summed E-state index contributed by atoms with van der Waals surface area (Å²) in [6.45, 7) is 12.7. The van der Waals surface area contributed by atoms with Crippen molar-refractivity contribution in [3.8, 4) is 0 Å². The standard InChI is InChI=1S/C23H45N3O3S/c1-6-8-9-10-11-12-18(7-2)20(27)29-21-23(13-15-24-16-14-23)19(17-25-21)26-30(28)22(3,4)5/h18-19,21,24-26H,6-17H2,1-5H3/t18-,19-,21-,30-/m1/s1. The van der Waals surface area contributed by atoms with Gasteiger partial charge in [0.05, 0.1) is 12.0 Å². The van der Waals surface area contributed by atoms with E-state index in [-0.39, 0.29) is 34.3 Å². The van der Waals surface area contributed by atoms with Crippen molar-refractivity contribution in [1.29, 1.82) is 0 Å². The Morgan fingerprint density at radius 2 is 1.87 bits per heavy atom. The molecule has 2 rings (SSSR count). The minimum Gasteiger partial charge on any atom is -0.598 e. The van der Waals surface area contributed by atoms with E-state index in [0.717, 1.165) is 45.2 Å². The fourth-order valence-electron chi connectivity index (χ4n) is 4.64. The molecule has 30 heavy (non-hydrogen) atoms. The molecule has 0 aromatic carbocycles. The van der Waals surface area contributed by atoms with Gasteiger partial charge >= 0.3 is 5.97 Å². The number of hydrogen-bond donors (Lipinski definition) is 3. The van der Waals surface area contributed by atoms with Crippen molar-refractivity contribution in [3.63, 3.8) is 0 Å². The Balaban J connectivity index is 1.99. The molecule has 4 atom stereocenters. The molecule has 2 heterocycles. The summed E-state index contributed by atoms with van der Waals surface area (Å²) < 4.78 is 21.9. The third-order valence-electron chi connectivity index (χ3n) is 6.78. The second-order valence-electron chi connectivity index (χ2n) is 10.1. The topological polar surface area (TPSA) is 85.5 Å². The molecule has 176 valence electrons. The predicted octanol–water partition coefficient (Wildman–Crippen LogP) is 3.64. The lowest BCUT2D eigenvalue weighted by Crippen LogP contribution is -2.57. The lowest BCUT2D eigenvalue weighted by molar-refractivity contribution is -0.163. The largest absolute Gasteiger partial charge is 0.598 e. The molecule has 0 unspecified atom stereocenters. The monoisotopic (exact) mass is 443 g/mol. The van der Waals surface area contributed by atoms with Crippen LogP contribution in [0.25, 0.3) is 0 Å². The van der Waals surface area contributed by atoms with Crippen LogP contribution < -0.4 is 15.4 Å². The smallest absolute Gasteiger partial charge is 0.310 e. The SMILES string of the molecule is CCCCCCC[C@@H](CC)C(=O)O[C@H]1NC[C@@H](N[S@+]([O-])C(C)(C)C)C12CCNCC2. The zero-order valence-electron chi connectivity index (χ0n) is 19.9. The zero-order chi connectivity index (χ0) is 22.2. The fraction of sp³-hybridized carbons (Fsp3) is 0.957. The summed E-state index contributed by atoms with van der Waals surface area (Å²) in [5.74, 6) is -0.0936. The van der Waals surface area contributed by atoms with Gasteiger partial charge in [-0.05, 0) is 59.5 Å². The Hall–Kier alpha value is -0.340. The molecule has 2 saturated heterocycles. The summed E-state index contributed by atoms with van der Waals surface area (Å²) in [4.78, 5) is 13.0. The van der Waals surface area contributed by atoms with Crippen LogP contribution in [0, 0.1) is 11.3 Å². The Morgan fingerprint density at radius 3 is 2.47 bits per heavy atom. The highest BCUT2D eigenvalue weighted by molar-refractivity contribution is 7.90. The van der Waals surface area contributed by atoms with Gasteiger partial charge in [0.1, 0.15) is 4.75 Å². The fourth-order valence-corrected chi connectivity index (χ4v) is 5.57. The highest BCUT2D eigenvalue weighted by Gasteiger charge is 2.55. The molecule has 0 bridgehead atoms. The quantitative estimate of drug-likeness (QED) is 0.257. The number of nitrogens with one attached hydrogen (secondary N) is 3. The molecule has 2 fully saturated rings. The van der Waals surface area contributed by atoms with Crippen LogP contribution in [-0.2, 0) is 20.9 Å². The highest BCUT2D eigenvalue weighted by Crippen LogP contribution is 2.42. The molecule has 2 aliphatic rings. The van der Waals surface area contributed by atoms with Crippen LogP contribution >= 0.6 is 0 Å². The molecule has 0 radical (unpaired) electrons. The first-order chi connectivity index (χ1) is 14.2. The Kier molecular flexibility index (Phi) is 10.4. The number of unbranched alkanes of at least 4 members (excludes halogenated alkanes) is 4. The molecule has 1 spiro atoms. The van der Waals surface area contributed by atoms with E-state index >= 15 is 0 Å². The number of carbonyl (C=O) groups is 1. The van der Waals surface area contributed by atoms with E-state index in [1.165, 1.54) is 25.7 Å². The first kappa shape index (κ1) is 25.9. The average molecular weight is 444 g/mol. The highest BCUT2D eigenvalue weighted by atomic mass is 32.2. The van der Waals surface area contributed by atoms with Crippen molar-refractivity contribution in [2.75, 3.05) is 19.6 Å². The summed E-state index contributed by atoms with van der Waals surface area (Å²) in [5, 5.41) is 6.87. The van der Waals surface area contributed by atoms with E-state index in [9.17, 15) is 9.35 Å². The lowest BCUT2D eigenvalue weighted by atomic mass is 9.74. The Morgan fingerprint density at radius 1 is 1.20 bits per heavy atom. The van der Waals surface area contributed by atoms with E-state index < -0.39 is 11.4 Å². The number of hydrogen-bond acceptors (Lipinski definition) is 6. The van der Waals surface area contributed by atoms with Gasteiger partial charge in [-0.15, -0.1) is 4.72 Å². The van der Waals surface area contributed by atoms with Crippen LogP contribution in [0.1, 0.15) is 92.4 Å². The van der Waals surface area contributed by atoms with Gasteiger partial charge in [0.25, 0.3) is 0 Å². The van der Waals surface area contributed by atoms with Crippen molar-refractivity contribution in [3.05, 3.63) is 0 Å². The molecule has 0 aromatic heterocycles. The summed E-state index contributed by atoms with van der Waals surface area (Å²) in [6, 6.07) is 0.0339. The molecule has 0 amide bonds. The zero-order valence-corrected chi connectivity index (χ0v) is 20.7. The number of carbonyl (C=O) groups excluding carboxylic acids is 1. The van der Waals surface area contributed by atoms with Gasteiger partial charge in [-0.3, -0.25) is 10.1 Å². The second kappa shape index (κ2) is 12.0. The van der Waals surface area contributed by atoms with Crippen molar-refractivity contribution in [1.82, 2.24) is 15.4 Å². The Labute approximate surface area is 187 Å². The normalized spacial score (nSPS) is 25.9. The van der Waals surface area contributed by atoms with Crippen LogP contribution in [0.3, 0.4) is 0 Å². The first-order valence-corrected chi connectivity index (χ1v) is 13.2. The minimum atomic E-state index is -1.15. The lowest BCUT2D eigenvalue weighted by Gasteiger charge is -2.42. The molecular weight excluding hydrogens is 398 g/mol. The van der Waals surface area contributed by atoms with E-state index in [4.69, 9.17) is 4.74 Å². The summed E-state index contributed by atoms with van der Waals surface area (Å²) >= 11 is -1.15. The van der Waals surface area contributed by atoms with E-state index in [2.05, 4.69) is 29.2 Å². The number of piperidine rings is 1. The third kappa shape index (κ3) is 6.83. The van der Waals surface area contributed by atoms with E-state index in [0.29, 0.717) is 6.54 Å². The summed E-state index contributed by atoms with van der Waals surface area (Å²) in [6.07, 6.45) is 9.29. The average Bonchev–Trinajstić information content (AvgIpc) is 3.01. The van der Waals surface area contributed by atoms with Gasteiger partial charge in [-0.1, -0.05) is 46.0 Å². The predicted molar refractivity (Wildman–Crippen MR) is 124 cm³/mol. The van der Waals surface area contributed by atoms with Crippen LogP contribution in [0.2, 0.25) is 0 Å². The number of ether oxygens (including phenoxy) is 1. The number of esters is 1. The summed E-state index contributed by atoms with van der Waals surface area (Å²) in [5.41, 5.74) is -0.207. The van der Waals surface area contributed by atoms with Gasteiger partial charge in [0.15, 0.2) is 6.23 Å². The van der Waals surface area contributed by atoms with Gasteiger partial charge in [0, 0.05) is 23.3 Å². The molecule has 0 saturated carbocycles. The molecule has 3 N–H and O–H groups in total. The maximum Gasteiger partial charge on any atom is 0.310 e. The van der Waals surface area contributed by atoms with Crippen molar-refractivity contribution >= 4 is 17.3 Å². The van der Waals surface area contributed by atoms with Crippen LogP contribution in [0.4, 0.5) is 0 Å². The van der Waals surface area contributed by atoms with Crippen molar-refractivity contribution < 1.29 is 14.1 Å². The maximum absolute atomic E-state index is 13.0. The van der Waals surface area contributed by atoms with Crippen molar-refractivity contribution in [2.45, 2.75) is 109 Å². The number of rotatable bonds is 11. The maximum atomic E-state index is 13.0. The first-order valence-electron chi connectivity index (χ1n) is 12.1. The minimum absolute atomic E-state index is 0.0251. The van der Waals surface area contributed by atoms with Crippen LogP contribution in [0.5, 0.6) is 0 Å². The molecular formula is C23H45N3O3S. The molecule has 6 nitrogen and oxygen atoms in total. The van der Waals surface area contributed by atoms with E-state index in [1.54, 1.807) is 0 Å². The van der Waals surface area contributed by atoms with Gasteiger partial charge in [-0.2, -0.15) is 0 Å². The van der Waals surface area contributed by atoms with Gasteiger partial charge < -0.3 is 14.6 Å². The molecule has 0 aromatic rings. The van der Waals surface area contributed by atoms with E-state index in [1.807, 2.05) is 20.8 Å². The van der Waals surface area contributed by atoms with Gasteiger partial charge in [-0.25, -0.2) is 0 Å². The molecule has 2 aliphatic heterocycles. The van der Waals surface area contributed by atoms with Crippen LogP contribution in [0.15, 0.2) is 0 Å². The van der Waals surface area contributed by atoms with Gasteiger partial charge in [0.2, 0.25) is 0 Å². The Bertz CT molecular complexity index is 520. The van der Waals surface area contributed by atoms with Crippen LogP contribution in [-0.4, -0.2) is 47.2 Å².